The Hall–Kier alpha value is -3.92. The first-order valence-corrected chi connectivity index (χ1v) is 13.3. The molecule has 0 heterocycles. The highest BCUT2D eigenvalue weighted by atomic mass is 16.5. The Kier molecular flexibility index (Phi) is 7.33. The molecule has 3 heteroatoms. The molecule has 0 saturated carbocycles. The van der Waals surface area contributed by atoms with Gasteiger partial charge in [-0.05, 0) is 56.9 Å². The van der Waals surface area contributed by atoms with Gasteiger partial charge in [0.05, 0.1) is 5.41 Å². The Morgan fingerprint density at radius 1 is 0.553 bits per heavy atom. The zero-order valence-electron chi connectivity index (χ0n) is 22.5. The summed E-state index contributed by atoms with van der Waals surface area (Å²) in [6.07, 6.45) is 0. The van der Waals surface area contributed by atoms with Gasteiger partial charge in [-0.25, -0.2) is 0 Å². The molecule has 1 aliphatic rings. The molecule has 0 aliphatic heterocycles. The summed E-state index contributed by atoms with van der Waals surface area (Å²) in [4.78, 5) is 0. The van der Waals surface area contributed by atoms with E-state index in [1.807, 2.05) is 26.0 Å². The molecular weight excluding hydrogens is 463 g/mol. The van der Waals surface area contributed by atoms with Crippen LogP contribution in [0.15, 0.2) is 121 Å². The van der Waals surface area contributed by atoms with Crippen LogP contribution >= 0.6 is 0 Å². The maximum Gasteiger partial charge on any atom is 0.490 e. The predicted molar refractivity (Wildman–Crippen MR) is 160 cm³/mol. The van der Waals surface area contributed by atoms with Gasteiger partial charge in [-0.2, -0.15) is 0 Å². The van der Waals surface area contributed by atoms with Crippen LogP contribution in [0.5, 0.6) is 0 Å². The first kappa shape index (κ1) is 25.7. The lowest BCUT2D eigenvalue weighted by Crippen LogP contribution is -2.35. The SMILES string of the molecule is CC.COB(O)c1ccc(C2(c3ccc(C)cc3)c3ccccc3-c3ccccc3-c3ccccc32)cc1. The molecule has 0 spiro atoms. The zero-order chi connectivity index (χ0) is 26.7. The molecule has 0 bridgehead atoms. The van der Waals surface area contributed by atoms with Crippen LogP contribution in [-0.4, -0.2) is 19.3 Å². The van der Waals surface area contributed by atoms with E-state index < -0.39 is 12.5 Å². The smallest absolute Gasteiger partial charge is 0.423 e. The van der Waals surface area contributed by atoms with Crippen LogP contribution in [0.25, 0.3) is 22.3 Å². The highest BCUT2D eigenvalue weighted by Crippen LogP contribution is 2.54. The topological polar surface area (TPSA) is 29.5 Å². The number of hydrogen-bond donors (Lipinski definition) is 1. The molecule has 0 aromatic heterocycles. The Labute approximate surface area is 226 Å². The second-order valence-electron chi connectivity index (χ2n) is 9.46. The standard InChI is InChI=1S/C33H27BO2.C2H6/c1-23-15-17-24(18-16-23)33(25-19-21-26(22-20-25)34(35)36-2)31-13-7-5-11-29(31)27-9-3-4-10-28(27)30-12-6-8-14-32(30)33;1-2/h3-22,35H,1-2H3;1-2H3. The van der Waals surface area contributed by atoms with Crippen molar-refractivity contribution in [3.8, 4) is 22.3 Å². The van der Waals surface area contributed by atoms with Crippen LogP contribution in [-0.2, 0) is 10.1 Å². The molecule has 0 unspecified atom stereocenters. The van der Waals surface area contributed by atoms with Crippen molar-refractivity contribution in [3.05, 3.63) is 149 Å². The van der Waals surface area contributed by atoms with E-state index in [1.165, 1.54) is 51.6 Å². The molecule has 38 heavy (non-hydrogen) atoms. The quantitative estimate of drug-likeness (QED) is 0.258. The van der Waals surface area contributed by atoms with E-state index in [4.69, 9.17) is 4.65 Å². The van der Waals surface area contributed by atoms with Gasteiger partial charge < -0.3 is 9.68 Å². The van der Waals surface area contributed by atoms with Gasteiger partial charge >= 0.3 is 7.12 Å². The fourth-order valence-corrected chi connectivity index (χ4v) is 5.81. The highest BCUT2D eigenvalue weighted by Gasteiger charge is 2.43. The Morgan fingerprint density at radius 2 is 0.947 bits per heavy atom. The zero-order valence-corrected chi connectivity index (χ0v) is 22.5. The lowest BCUT2D eigenvalue weighted by Gasteiger charge is -2.38. The van der Waals surface area contributed by atoms with Crippen molar-refractivity contribution in [1.29, 1.82) is 0 Å². The van der Waals surface area contributed by atoms with Gasteiger partial charge in [0.25, 0.3) is 0 Å². The van der Waals surface area contributed by atoms with Crippen molar-refractivity contribution in [2.45, 2.75) is 26.2 Å². The predicted octanol–water partition coefficient (Wildman–Crippen LogP) is 7.39. The monoisotopic (exact) mass is 496 g/mol. The molecule has 1 aliphatic carbocycles. The van der Waals surface area contributed by atoms with E-state index >= 15 is 0 Å². The van der Waals surface area contributed by atoms with E-state index in [1.54, 1.807) is 0 Å². The second-order valence-corrected chi connectivity index (χ2v) is 9.46. The molecule has 0 fully saturated rings. The van der Waals surface area contributed by atoms with E-state index in [0.717, 1.165) is 11.0 Å². The third-order valence-electron chi connectivity index (χ3n) is 7.51. The van der Waals surface area contributed by atoms with Crippen molar-refractivity contribution in [3.63, 3.8) is 0 Å². The highest BCUT2D eigenvalue weighted by molar-refractivity contribution is 6.59. The average Bonchev–Trinajstić information content (AvgIpc) is 3.10. The van der Waals surface area contributed by atoms with Crippen molar-refractivity contribution < 1.29 is 9.68 Å². The molecular formula is C35H33BO2. The van der Waals surface area contributed by atoms with Crippen molar-refractivity contribution in [2.24, 2.45) is 0 Å². The van der Waals surface area contributed by atoms with E-state index in [-0.39, 0.29) is 0 Å². The van der Waals surface area contributed by atoms with Gasteiger partial charge in [-0.1, -0.05) is 141 Å². The van der Waals surface area contributed by atoms with Gasteiger partial charge in [0.15, 0.2) is 0 Å². The van der Waals surface area contributed by atoms with Crippen molar-refractivity contribution in [2.75, 3.05) is 7.11 Å². The molecule has 0 atom stereocenters. The summed E-state index contributed by atoms with van der Waals surface area (Å²) >= 11 is 0. The number of rotatable bonds is 4. The molecule has 5 aromatic carbocycles. The van der Waals surface area contributed by atoms with Crippen molar-refractivity contribution in [1.82, 2.24) is 0 Å². The first-order chi connectivity index (χ1) is 18.6. The van der Waals surface area contributed by atoms with Gasteiger partial charge in [-0.15, -0.1) is 0 Å². The minimum Gasteiger partial charge on any atom is -0.423 e. The summed E-state index contributed by atoms with van der Waals surface area (Å²) in [6.45, 7) is 6.13. The largest absolute Gasteiger partial charge is 0.490 e. The Morgan fingerprint density at radius 3 is 1.39 bits per heavy atom. The van der Waals surface area contributed by atoms with Crippen molar-refractivity contribution >= 4 is 12.6 Å². The summed E-state index contributed by atoms with van der Waals surface area (Å²) in [7, 11) is 0.564. The molecule has 0 saturated heterocycles. The number of fused-ring (bicyclic) bond motifs is 5. The molecule has 0 radical (unpaired) electrons. The molecule has 0 amide bonds. The number of hydrogen-bond acceptors (Lipinski definition) is 2. The van der Waals surface area contributed by atoms with Crippen LogP contribution in [0.3, 0.4) is 0 Å². The van der Waals surface area contributed by atoms with Gasteiger partial charge in [0, 0.05) is 7.11 Å². The van der Waals surface area contributed by atoms with E-state index in [0.29, 0.717) is 0 Å². The van der Waals surface area contributed by atoms with E-state index in [9.17, 15) is 5.02 Å². The third-order valence-corrected chi connectivity index (χ3v) is 7.51. The summed E-state index contributed by atoms with van der Waals surface area (Å²) in [5.74, 6) is 0. The normalized spacial score (nSPS) is 12.7. The fraction of sp³-hybridized carbons (Fsp3) is 0.143. The second kappa shape index (κ2) is 10.8. The van der Waals surface area contributed by atoms with Crippen LogP contribution in [0, 0.1) is 6.92 Å². The Balaban J connectivity index is 0.00000144. The number of benzene rings is 5. The fourth-order valence-electron chi connectivity index (χ4n) is 5.81. The molecule has 1 N–H and O–H groups in total. The third kappa shape index (κ3) is 4.09. The lowest BCUT2D eigenvalue weighted by atomic mass is 9.63. The van der Waals surface area contributed by atoms with Crippen LogP contribution in [0.2, 0.25) is 0 Å². The minimum atomic E-state index is -0.952. The molecule has 6 rings (SSSR count). The average molecular weight is 496 g/mol. The molecule has 188 valence electrons. The Bertz CT molecular complexity index is 1470. The minimum absolute atomic E-state index is 0.559. The van der Waals surface area contributed by atoms with E-state index in [2.05, 4.69) is 116 Å². The van der Waals surface area contributed by atoms with Gasteiger partial charge in [0.2, 0.25) is 0 Å². The van der Waals surface area contributed by atoms with Gasteiger partial charge in [-0.3, -0.25) is 0 Å². The first-order valence-electron chi connectivity index (χ1n) is 13.3. The maximum atomic E-state index is 10.3. The van der Waals surface area contributed by atoms with Crippen LogP contribution < -0.4 is 5.46 Å². The van der Waals surface area contributed by atoms with Crippen LogP contribution in [0.4, 0.5) is 0 Å². The van der Waals surface area contributed by atoms with Crippen LogP contribution in [0.1, 0.15) is 41.7 Å². The summed E-state index contributed by atoms with van der Waals surface area (Å²) in [5, 5.41) is 10.3. The summed E-state index contributed by atoms with van der Waals surface area (Å²) in [6, 6.07) is 43.4. The molecule has 2 nitrogen and oxygen atoms in total. The molecule has 5 aromatic rings. The maximum absolute atomic E-state index is 10.3. The lowest BCUT2D eigenvalue weighted by molar-refractivity contribution is 0.341. The number of aryl methyl sites for hydroxylation is 1. The van der Waals surface area contributed by atoms with Gasteiger partial charge in [0.1, 0.15) is 0 Å². The summed E-state index contributed by atoms with van der Waals surface area (Å²) in [5.41, 5.74) is 11.2. The summed E-state index contributed by atoms with van der Waals surface area (Å²) < 4.78 is 5.17.